The second-order valence-electron chi connectivity index (χ2n) is 4.44. The van der Waals surface area contributed by atoms with E-state index in [9.17, 15) is 4.79 Å². The zero-order valence-electron chi connectivity index (χ0n) is 11.4. The van der Waals surface area contributed by atoms with E-state index in [1.165, 1.54) is 6.92 Å². The first-order valence-electron chi connectivity index (χ1n) is 6.19. The minimum absolute atomic E-state index is 0.102. The molecule has 0 spiro atoms. The largest absolute Gasteiger partial charge is 0.449 e. The Morgan fingerprint density at radius 3 is 2.80 bits per heavy atom. The van der Waals surface area contributed by atoms with Gasteiger partial charge in [0.05, 0.1) is 6.54 Å². The topological polar surface area (TPSA) is 78.1 Å². The number of nitriles is 1. The normalized spacial score (nSPS) is 9.85. The second-order valence-corrected chi connectivity index (χ2v) is 4.44. The summed E-state index contributed by atoms with van der Waals surface area (Å²) in [6.07, 6.45) is 0. The zero-order valence-corrected chi connectivity index (χ0v) is 11.4. The van der Waals surface area contributed by atoms with E-state index in [4.69, 9.17) is 9.68 Å². The molecular weight excluding hydrogens is 254 g/mol. The van der Waals surface area contributed by atoms with Crippen molar-refractivity contribution in [3.05, 3.63) is 47.4 Å². The van der Waals surface area contributed by atoms with Crippen LogP contribution in [0.25, 0.3) is 0 Å². The van der Waals surface area contributed by atoms with E-state index >= 15 is 0 Å². The number of aryl methyl sites for hydroxylation is 1. The van der Waals surface area contributed by atoms with Crippen LogP contribution in [-0.4, -0.2) is 5.91 Å². The highest BCUT2D eigenvalue weighted by Crippen LogP contribution is 2.21. The van der Waals surface area contributed by atoms with E-state index in [0.29, 0.717) is 18.1 Å². The summed E-state index contributed by atoms with van der Waals surface area (Å²) in [5.41, 5.74) is 2.64. The molecule has 0 saturated heterocycles. The highest BCUT2D eigenvalue weighted by atomic mass is 16.3. The molecule has 0 saturated carbocycles. The van der Waals surface area contributed by atoms with Gasteiger partial charge in [-0.05, 0) is 36.8 Å². The summed E-state index contributed by atoms with van der Waals surface area (Å²) in [5.74, 6) is 0.878. The van der Waals surface area contributed by atoms with Gasteiger partial charge in [-0.25, -0.2) is 0 Å². The number of nitrogens with zero attached hydrogens (tertiary/aromatic N) is 1. The molecule has 0 radical (unpaired) electrons. The molecule has 0 fully saturated rings. The third-order valence-corrected chi connectivity index (χ3v) is 2.79. The van der Waals surface area contributed by atoms with Crippen LogP contribution in [0.5, 0.6) is 0 Å². The van der Waals surface area contributed by atoms with Crippen molar-refractivity contribution in [1.82, 2.24) is 0 Å². The molecule has 1 aromatic heterocycles. The lowest BCUT2D eigenvalue weighted by molar-refractivity contribution is -0.114. The first-order valence-corrected chi connectivity index (χ1v) is 6.19. The van der Waals surface area contributed by atoms with Crippen LogP contribution < -0.4 is 10.6 Å². The van der Waals surface area contributed by atoms with Crippen molar-refractivity contribution in [1.29, 1.82) is 5.26 Å². The van der Waals surface area contributed by atoms with Crippen LogP contribution in [0.3, 0.4) is 0 Å². The maximum atomic E-state index is 11.1. The number of rotatable bonds is 4. The van der Waals surface area contributed by atoms with Crippen LogP contribution >= 0.6 is 0 Å². The average molecular weight is 269 g/mol. The number of furan rings is 1. The molecule has 1 amide bonds. The molecule has 2 rings (SSSR count). The third kappa shape index (κ3) is 3.39. The van der Waals surface area contributed by atoms with Gasteiger partial charge in [-0.3, -0.25) is 4.79 Å². The van der Waals surface area contributed by atoms with Crippen LogP contribution in [0, 0.1) is 18.3 Å². The highest BCUT2D eigenvalue weighted by Gasteiger charge is 2.04. The number of hydrogen-bond acceptors (Lipinski definition) is 4. The van der Waals surface area contributed by atoms with Crippen molar-refractivity contribution in [3.8, 4) is 6.07 Å². The minimum atomic E-state index is -0.102. The van der Waals surface area contributed by atoms with E-state index < -0.39 is 0 Å². The fourth-order valence-electron chi connectivity index (χ4n) is 1.78. The second kappa shape index (κ2) is 5.93. The Bertz CT molecular complexity index is 668. The van der Waals surface area contributed by atoms with Crippen LogP contribution in [0.1, 0.15) is 24.0 Å². The molecule has 2 aromatic rings. The number of hydrogen-bond donors (Lipinski definition) is 2. The van der Waals surface area contributed by atoms with Gasteiger partial charge < -0.3 is 15.1 Å². The highest BCUT2D eigenvalue weighted by molar-refractivity contribution is 5.90. The molecule has 1 aromatic carbocycles. The summed E-state index contributed by atoms with van der Waals surface area (Å²) < 4.78 is 5.28. The number of amides is 1. The van der Waals surface area contributed by atoms with Gasteiger partial charge >= 0.3 is 0 Å². The number of carbonyl (C=O) groups excluding carboxylic acids is 1. The number of carbonyl (C=O) groups is 1. The molecule has 0 aliphatic heterocycles. The molecule has 102 valence electrons. The van der Waals surface area contributed by atoms with Crippen LogP contribution in [0.15, 0.2) is 34.7 Å². The van der Waals surface area contributed by atoms with Gasteiger partial charge in [0.25, 0.3) is 0 Å². The van der Waals surface area contributed by atoms with Crippen molar-refractivity contribution in [2.24, 2.45) is 0 Å². The molecule has 0 aliphatic carbocycles. The molecule has 5 heteroatoms. The predicted octanol–water partition coefficient (Wildman–Crippen LogP) is 3.03. The van der Waals surface area contributed by atoms with Gasteiger partial charge in [-0.2, -0.15) is 5.26 Å². The molecule has 1 heterocycles. The molecule has 0 unspecified atom stereocenters. The van der Waals surface area contributed by atoms with E-state index in [2.05, 4.69) is 10.6 Å². The Morgan fingerprint density at radius 1 is 1.35 bits per heavy atom. The van der Waals surface area contributed by atoms with E-state index in [1.807, 2.05) is 31.2 Å². The number of nitrogens with one attached hydrogen (secondary N) is 2. The lowest BCUT2D eigenvalue weighted by Crippen LogP contribution is -2.08. The predicted molar refractivity (Wildman–Crippen MR) is 76.2 cm³/mol. The molecule has 20 heavy (non-hydrogen) atoms. The lowest BCUT2D eigenvalue weighted by atomic mass is 10.1. The standard InChI is InChI=1S/C15H15N3O2/c1-10-3-4-12(7-15(10)18-11(2)19)17-9-14-6-5-13(8-16)20-14/h3-7,17H,9H2,1-2H3,(H,18,19). The summed E-state index contributed by atoms with van der Waals surface area (Å²) in [5, 5.41) is 14.6. The molecular formula is C15H15N3O2. The maximum Gasteiger partial charge on any atom is 0.221 e. The average Bonchev–Trinajstić information content (AvgIpc) is 2.87. The Balaban J connectivity index is 2.06. The van der Waals surface area contributed by atoms with Gasteiger partial charge in [0.2, 0.25) is 11.7 Å². The van der Waals surface area contributed by atoms with Crippen LogP contribution in [-0.2, 0) is 11.3 Å². The quantitative estimate of drug-likeness (QED) is 0.894. The molecule has 5 nitrogen and oxygen atoms in total. The summed E-state index contributed by atoms with van der Waals surface area (Å²) in [4.78, 5) is 11.1. The zero-order chi connectivity index (χ0) is 14.5. The van der Waals surface area contributed by atoms with Gasteiger partial charge in [-0.15, -0.1) is 0 Å². The molecule has 0 aliphatic rings. The van der Waals surface area contributed by atoms with Gasteiger partial charge in [0, 0.05) is 18.3 Å². The molecule has 0 bridgehead atoms. The van der Waals surface area contributed by atoms with Crippen molar-refractivity contribution >= 4 is 17.3 Å². The summed E-state index contributed by atoms with van der Waals surface area (Å²) in [6, 6.07) is 11.1. The van der Waals surface area contributed by atoms with Crippen molar-refractivity contribution < 1.29 is 9.21 Å². The van der Waals surface area contributed by atoms with Crippen LogP contribution in [0.4, 0.5) is 11.4 Å². The first kappa shape index (κ1) is 13.7. The smallest absolute Gasteiger partial charge is 0.221 e. The summed E-state index contributed by atoms with van der Waals surface area (Å²) in [7, 11) is 0. The van der Waals surface area contributed by atoms with Crippen molar-refractivity contribution in [3.63, 3.8) is 0 Å². The first-order chi connectivity index (χ1) is 9.58. The van der Waals surface area contributed by atoms with E-state index in [-0.39, 0.29) is 5.91 Å². The summed E-state index contributed by atoms with van der Waals surface area (Å²) >= 11 is 0. The summed E-state index contributed by atoms with van der Waals surface area (Å²) in [6.45, 7) is 3.89. The van der Waals surface area contributed by atoms with E-state index in [0.717, 1.165) is 16.9 Å². The Labute approximate surface area is 117 Å². The number of benzene rings is 1. The Kier molecular flexibility index (Phi) is 4.06. The van der Waals surface area contributed by atoms with Gasteiger partial charge in [-0.1, -0.05) is 6.07 Å². The fraction of sp³-hybridized carbons (Fsp3) is 0.200. The van der Waals surface area contributed by atoms with Gasteiger partial charge in [0.15, 0.2) is 0 Å². The van der Waals surface area contributed by atoms with E-state index in [1.54, 1.807) is 12.1 Å². The third-order valence-electron chi connectivity index (χ3n) is 2.79. The maximum absolute atomic E-state index is 11.1. The fourth-order valence-corrected chi connectivity index (χ4v) is 1.78. The minimum Gasteiger partial charge on any atom is -0.449 e. The Hall–Kier alpha value is -2.74. The molecule has 2 N–H and O–H groups in total. The number of anilines is 2. The Morgan fingerprint density at radius 2 is 2.15 bits per heavy atom. The van der Waals surface area contributed by atoms with Gasteiger partial charge in [0.1, 0.15) is 11.8 Å². The van der Waals surface area contributed by atoms with Crippen molar-refractivity contribution in [2.75, 3.05) is 10.6 Å². The lowest BCUT2D eigenvalue weighted by Gasteiger charge is -2.10. The molecule has 0 atom stereocenters. The monoisotopic (exact) mass is 269 g/mol. The van der Waals surface area contributed by atoms with Crippen molar-refractivity contribution in [2.45, 2.75) is 20.4 Å². The SMILES string of the molecule is CC(=O)Nc1cc(NCc2ccc(C#N)o2)ccc1C. The van der Waals surface area contributed by atoms with Crippen LogP contribution in [0.2, 0.25) is 0 Å².